The first-order chi connectivity index (χ1) is 9.77. The van der Waals surface area contributed by atoms with Crippen LogP contribution in [-0.4, -0.2) is 37.2 Å². The van der Waals surface area contributed by atoms with Gasteiger partial charge in [0.25, 0.3) is 0 Å². The number of rotatable bonds is 4. The molecule has 118 valence electrons. The highest BCUT2D eigenvalue weighted by Crippen LogP contribution is 2.29. The van der Waals surface area contributed by atoms with Crippen molar-refractivity contribution in [3.05, 3.63) is 35.1 Å². The summed E-state index contributed by atoms with van der Waals surface area (Å²) in [5.41, 5.74) is 1.19. The maximum Gasteiger partial charge on any atom is 0.211 e. The average Bonchev–Trinajstić information content (AvgIpc) is 2.41. The number of aryl methyl sites for hydroxylation is 1. The van der Waals surface area contributed by atoms with Gasteiger partial charge in [-0.3, -0.25) is 0 Å². The van der Waals surface area contributed by atoms with Gasteiger partial charge in [0.1, 0.15) is 5.82 Å². The Kier molecular flexibility index (Phi) is 5.01. The Labute approximate surface area is 125 Å². The summed E-state index contributed by atoms with van der Waals surface area (Å²) in [5, 5.41) is 10.3. The highest BCUT2D eigenvalue weighted by atomic mass is 32.2. The van der Waals surface area contributed by atoms with Crippen LogP contribution in [0.25, 0.3) is 0 Å². The summed E-state index contributed by atoms with van der Waals surface area (Å²) in [6.45, 7) is 2.68. The first-order valence-corrected chi connectivity index (χ1v) is 9.01. The normalized spacial score (nSPS) is 22.2. The van der Waals surface area contributed by atoms with Gasteiger partial charge >= 0.3 is 0 Å². The van der Waals surface area contributed by atoms with Crippen molar-refractivity contribution in [2.45, 2.75) is 32.3 Å². The van der Waals surface area contributed by atoms with E-state index in [9.17, 15) is 17.9 Å². The molecule has 1 aliphatic heterocycles. The number of hydrogen-bond acceptors (Lipinski definition) is 3. The maximum absolute atomic E-state index is 13.2. The Morgan fingerprint density at radius 1 is 1.48 bits per heavy atom. The van der Waals surface area contributed by atoms with Crippen LogP contribution in [0.1, 0.15) is 36.5 Å². The van der Waals surface area contributed by atoms with E-state index in [1.54, 1.807) is 19.1 Å². The van der Waals surface area contributed by atoms with E-state index in [0.717, 1.165) is 12.8 Å². The second-order valence-electron chi connectivity index (χ2n) is 5.89. The standard InChI is InChI=1S/C15H22FNO3S/c1-11-8-13(5-6-14(11)16)15(18)9-12-4-3-7-17(10-12)21(2,19)20/h5-6,8,12,15,18H,3-4,7,9-10H2,1-2H3. The van der Waals surface area contributed by atoms with Gasteiger partial charge < -0.3 is 5.11 Å². The molecule has 0 bridgehead atoms. The summed E-state index contributed by atoms with van der Waals surface area (Å²) in [7, 11) is -3.17. The van der Waals surface area contributed by atoms with Crippen LogP contribution in [0.5, 0.6) is 0 Å². The van der Waals surface area contributed by atoms with Gasteiger partial charge in [0.15, 0.2) is 0 Å². The highest BCUT2D eigenvalue weighted by molar-refractivity contribution is 7.88. The lowest BCUT2D eigenvalue weighted by molar-refractivity contribution is 0.122. The molecule has 1 fully saturated rings. The summed E-state index contributed by atoms with van der Waals surface area (Å²) < 4.78 is 37.9. The Morgan fingerprint density at radius 3 is 2.81 bits per heavy atom. The fourth-order valence-corrected chi connectivity index (χ4v) is 3.79. The molecule has 1 saturated heterocycles. The number of hydrogen-bond donors (Lipinski definition) is 1. The predicted molar refractivity (Wildman–Crippen MR) is 79.9 cm³/mol. The lowest BCUT2D eigenvalue weighted by Crippen LogP contribution is -2.39. The summed E-state index contributed by atoms with van der Waals surface area (Å²) in [4.78, 5) is 0. The molecule has 1 aromatic rings. The Bertz CT molecular complexity index is 603. The summed E-state index contributed by atoms with van der Waals surface area (Å²) >= 11 is 0. The second-order valence-corrected chi connectivity index (χ2v) is 7.87. The monoisotopic (exact) mass is 315 g/mol. The van der Waals surface area contributed by atoms with Crippen LogP contribution in [0.3, 0.4) is 0 Å². The number of benzene rings is 1. The molecule has 0 radical (unpaired) electrons. The molecule has 6 heteroatoms. The van der Waals surface area contributed by atoms with E-state index < -0.39 is 16.1 Å². The summed E-state index contributed by atoms with van der Waals surface area (Å²) in [6, 6.07) is 4.60. The third-order valence-electron chi connectivity index (χ3n) is 4.07. The molecule has 4 nitrogen and oxygen atoms in total. The topological polar surface area (TPSA) is 57.6 Å². The van der Waals surface area contributed by atoms with Gasteiger partial charge in [0.05, 0.1) is 12.4 Å². The van der Waals surface area contributed by atoms with Crippen molar-refractivity contribution in [1.29, 1.82) is 0 Å². The Morgan fingerprint density at radius 2 is 2.19 bits per heavy atom. The van der Waals surface area contributed by atoms with Crippen molar-refractivity contribution in [3.8, 4) is 0 Å². The first kappa shape index (κ1) is 16.4. The summed E-state index contributed by atoms with van der Waals surface area (Å²) in [5.74, 6) is -0.152. The number of piperidine rings is 1. The van der Waals surface area contributed by atoms with Gasteiger partial charge in [0.2, 0.25) is 10.0 Å². The van der Waals surface area contributed by atoms with Crippen LogP contribution in [0.15, 0.2) is 18.2 Å². The molecule has 21 heavy (non-hydrogen) atoms. The molecule has 0 aromatic heterocycles. The summed E-state index contributed by atoms with van der Waals surface area (Å²) in [6.07, 6.45) is 2.75. The van der Waals surface area contributed by atoms with Crippen molar-refractivity contribution >= 4 is 10.0 Å². The van der Waals surface area contributed by atoms with Crippen LogP contribution in [0.2, 0.25) is 0 Å². The van der Waals surface area contributed by atoms with E-state index in [1.165, 1.54) is 16.6 Å². The van der Waals surface area contributed by atoms with Crippen molar-refractivity contribution < 1.29 is 17.9 Å². The SMILES string of the molecule is Cc1cc(C(O)CC2CCCN(S(C)(=O)=O)C2)ccc1F. The van der Waals surface area contributed by atoms with Crippen molar-refractivity contribution in [2.24, 2.45) is 5.92 Å². The minimum absolute atomic E-state index is 0.133. The van der Waals surface area contributed by atoms with Crippen molar-refractivity contribution in [1.82, 2.24) is 4.31 Å². The molecular formula is C15H22FNO3S. The molecule has 1 heterocycles. The van der Waals surface area contributed by atoms with E-state index in [2.05, 4.69) is 0 Å². The number of halogens is 1. The van der Waals surface area contributed by atoms with E-state index in [0.29, 0.717) is 30.6 Å². The molecule has 1 aliphatic rings. The van der Waals surface area contributed by atoms with Crippen LogP contribution >= 0.6 is 0 Å². The van der Waals surface area contributed by atoms with Gasteiger partial charge in [0, 0.05) is 13.1 Å². The molecule has 2 unspecified atom stereocenters. The van der Waals surface area contributed by atoms with E-state index >= 15 is 0 Å². The van der Waals surface area contributed by atoms with Crippen LogP contribution in [0, 0.1) is 18.7 Å². The quantitative estimate of drug-likeness (QED) is 0.927. The lowest BCUT2D eigenvalue weighted by atomic mass is 9.90. The van der Waals surface area contributed by atoms with Crippen LogP contribution < -0.4 is 0 Å². The van der Waals surface area contributed by atoms with E-state index in [4.69, 9.17) is 0 Å². The minimum Gasteiger partial charge on any atom is -0.388 e. The number of aliphatic hydroxyl groups excluding tert-OH is 1. The largest absolute Gasteiger partial charge is 0.388 e. The zero-order valence-electron chi connectivity index (χ0n) is 12.4. The number of aliphatic hydroxyl groups is 1. The van der Waals surface area contributed by atoms with Crippen molar-refractivity contribution in [2.75, 3.05) is 19.3 Å². The molecule has 0 saturated carbocycles. The Hall–Kier alpha value is -0.980. The van der Waals surface area contributed by atoms with E-state index in [1.807, 2.05) is 0 Å². The third kappa shape index (κ3) is 4.25. The first-order valence-electron chi connectivity index (χ1n) is 7.16. The van der Waals surface area contributed by atoms with E-state index in [-0.39, 0.29) is 11.7 Å². The van der Waals surface area contributed by atoms with Crippen LogP contribution in [-0.2, 0) is 10.0 Å². The maximum atomic E-state index is 13.2. The van der Waals surface area contributed by atoms with Crippen LogP contribution in [0.4, 0.5) is 4.39 Å². The smallest absolute Gasteiger partial charge is 0.211 e. The molecule has 0 aliphatic carbocycles. The average molecular weight is 315 g/mol. The molecule has 1 aromatic carbocycles. The second kappa shape index (κ2) is 6.42. The highest BCUT2D eigenvalue weighted by Gasteiger charge is 2.27. The van der Waals surface area contributed by atoms with Gasteiger partial charge in [-0.1, -0.05) is 12.1 Å². The molecule has 1 N–H and O–H groups in total. The van der Waals surface area contributed by atoms with Gasteiger partial charge in [-0.05, 0) is 49.3 Å². The minimum atomic E-state index is -3.17. The molecule has 0 spiro atoms. The fraction of sp³-hybridized carbons (Fsp3) is 0.600. The molecule has 2 rings (SSSR count). The number of nitrogens with zero attached hydrogens (tertiary/aromatic N) is 1. The molecular weight excluding hydrogens is 293 g/mol. The predicted octanol–water partition coefficient (Wildman–Crippen LogP) is 2.23. The molecule has 0 amide bonds. The van der Waals surface area contributed by atoms with Gasteiger partial charge in [-0.25, -0.2) is 17.1 Å². The zero-order valence-corrected chi connectivity index (χ0v) is 13.2. The van der Waals surface area contributed by atoms with Crippen molar-refractivity contribution in [3.63, 3.8) is 0 Å². The van der Waals surface area contributed by atoms with Gasteiger partial charge in [-0.2, -0.15) is 0 Å². The van der Waals surface area contributed by atoms with Gasteiger partial charge in [-0.15, -0.1) is 0 Å². The third-order valence-corrected chi connectivity index (χ3v) is 5.34. The Balaban J connectivity index is 2.02. The zero-order chi connectivity index (χ0) is 15.6. The number of sulfonamides is 1. The molecule has 2 atom stereocenters. The lowest BCUT2D eigenvalue weighted by Gasteiger charge is -2.32. The fourth-order valence-electron chi connectivity index (χ4n) is 2.85.